The zero-order valence-electron chi connectivity index (χ0n) is 10.5. The van der Waals surface area contributed by atoms with Gasteiger partial charge in [0.15, 0.2) is 0 Å². The first-order valence-electron chi connectivity index (χ1n) is 6.74. The van der Waals surface area contributed by atoms with E-state index in [4.69, 9.17) is 0 Å². The van der Waals surface area contributed by atoms with Crippen LogP contribution in [0, 0.1) is 5.92 Å². The first kappa shape index (κ1) is 11.7. The van der Waals surface area contributed by atoms with E-state index in [0.29, 0.717) is 0 Å². The van der Waals surface area contributed by atoms with E-state index in [1.54, 1.807) is 0 Å². The lowest BCUT2D eigenvalue weighted by molar-refractivity contribution is 0.687. The summed E-state index contributed by atoms with van der Waals surface area (Å²) in [6.07, 6.45) is 8.03. The Hall–Kier alpha value is -1.34. The van der Waals surface area contributed by atoms with Crippen molar-refractivity contribution in [2.24, 2.45) is 5.92 Å². The van der Waals surface area contributed by atoms with Crippen molar-refractivity contribution in [3.8, 4) is 0 Å². The van der Waals surface area contributed by atoms with Crippen molar-refractivity contribution in [3.05, 3.63) is 64.4 Å². The highest BCUT2D eigenvalue weighted by atomic mass is 32.1. The van der Waals surface area contributed by atoms with Crippen LogP contribution < -0.4 is 0 Å². The fourth-order valence-electron chi connectivity index (χ4n) is 2.73. The molecule has 1 aliphatic carbocycles. The van der Waals surface area contributed by atoms with Gasteiger partial charge in [-0.25, -0.2) is 0 Å². The van der Waals surface area contributed by atoms with E-state index in [2.05, 4.69) is 53.9 Å². The summed E-state index contributed by atoms with van der Waals surface area (Å²) in [5.74, 6) is 0.780. The lowest BCUT2D eigenvalue weighted by Crippen LogP contribution is -1.92. The molecule has 0 nitrogen and oxygen atoms in total. The summed E-state index contributed by atoms with van der Waals surface area (Å²) in [6.45, 7) is 0. The Balaban J connectivity index is 1.98. The van der Waals surface area contributed by atoms with Crippen LogP contribution in [-0.4, -0.2) is 0 Å². The molecular formula is C17H18S. The number of benzene rings is 1. The maximum atomic E-state index is 2.51. The maximum Gasteiger partial charge on any atom is 0.0345 e. The molecule has 0 N–H and O–H groups in total. The molecular weight excluding hydrogens is 236 g/mol. The second-order valence-corrected chi connectivity index (χ2v) is 5.92. The standard InChI is InChI=1S/C17H18S/c1-2-9-15(10-3-1)16(17-11-6-12-18-17)13-14-7-4-5-8-14/h1-3,6,9-14H,4-5,7-8H2. The quantitative estimate of drug-likeness (QED) is 0.690. The van der Waals surface area contributed by atoms with Crippen LogP contribution in [0.5, 0.6) is 0 Å². The summed E-state index contributed by atoms with van der Waals surface area (Å²) < 4.78 is 0. The number of rotatable bonds is 3. The Kier molecular flexibility index (Phi) is 3.61. The van der Waals surface area contributed by atoms with Crippen molar-refractivity contribution < 1.29 is 0 Å². The van der Waals surface area contributed by atoms with Gasteiger partial charge in [0.1, 0.15) is 0 Å². The average Bonchev–Trinajstić information content (AvgIpc) is 3.10. The van der Waals surface area contributed by atoms with Crippen LogP contribution in [0.4, 0.5) is 0 Å². The van der Waals surface area contributed by atoms with Crippen molar-refractivity contribution in [2.75, 3.05) is 0 Å². The number of thiophene rings is 1. The number of hydrogen-bond acceptors (Lipinski definition) is 1. The molecule has 1 aromatic carbocycles. The Labute approximate surface area is 113 Å². The Morgan fingerprint density at radius 1 is 1.00 bits per heavy atom. The fourth-order valence-corrected chi connectivity index (χ4v) is 3.50. The van der Waals surface area contributed by atoms with Crippen LogP contribution in [0.2, 0.25) is 0 Å². The molecule has 0 atom stereocenters. The number of allylic oxidation sites excluding steroid dienone is 1. The minimum Gasteiger partial charge on any atom is -0.144 e. The highest BCUT2D eigenvalue weighted by Gasteiger charge is 2.15. The molecule has 2 aromatic rings. The van der Waals surface area contributed by atoms with Crippen LogP contribution in [0.15, 0.2) is 53.9 Å². The maximum absolute atomic E-state index is 2.51. The zero-order chi connectivity index (χ0) is 12.2. The van der Waals surface area contributed by atoms with Crippen LogP contribution in [0.1, 0.15) is 36.1 Å². The monoisotopic (exact) mass is 254 g/mol. The van der Waals surface area contributed by atoms with E-state index >= 15 is 0 Å². The smallest absolute Gasteiger partial charge is 0.0345 e. The minimum atomic E-state index is 0.780. The van der Waals surface area contributed by atoms with Gasteiger partial charge < -0.3 is 0 Å². The van der Waals surface area contributed by atoms with E-state index < -0.39 is 0 Å². The summed E-state index contributed by atoms with van der Waals surface area (Å²) in [5.41, 5.74) is 2.78. The molecule has 0 amide bonds. The summed E-state index contributed by atoms with van der Waals surface area (Å²) in [6, 6.07) is 15.2. The van der Waals surface area contributed by atoms with E-state index in [1.165, 1.54) is 41.7 Å². The van der Waals surface area contributed by atoms with Gasteiger partial charge >= 0.3 is 0 Å². The fraction of sp³-hybridized carbons (Fsp3) is 0.294. The molecule has 92 valence electrons. The Morgan fingerprint density at radius 3 is 2.44 bits per heavy atom. The average molecular weight is 254 g/mol. The molecule has 1 aromatic heterocycles. The Morgan fingerprint density at radius 2 is 1.78 bits per heavy atom. The molecule has 0 radical (unpaired) electrons. The third kappa shape index (κ3) is 2.56. The molecule has 1 saturated carbocycles. The van der Waals surface area contributed by atoms with E-state index in [0.717, 1.165) is 5.92 Å². The van der Waals surface area contributed by atoms with Crippen molar-refractivity contribution in [2.45, 2.75) is 25.7 Å². The summed E-state index contributed by atoms with van der Waals surface area (Å²) >= 11 is 1.84. The third-order valence-electron chi connectivity index (χ3n) is 3.67. The van der Waals surface area contributed by atoms with E-state index in [-0.39, 0.29) is 0 Å². The molecule has 1 heteroatoms. The SMILES string of the molecule is C(=C(c1ccccc1)c1cccs1)C1CCCC1. The van der Waals surface area contributed by atoms with Crippen LogP contribution in [-0.2, 0) is 0 Å². The second-order valence-electron chi connectivity index (χ2n) is 4.97. The molecule has 3 rings (SSSR count). The van der Waals surface area contributed by atoms with Gasteiger partial charge in [-0.3, -0.25) is 0 Å². The molecule has 1 fully saturated rings. The van der Waals surface area contributed by atoms with Gasteiger partial charge in [-0.05, 0) is 41.3 Å². The van der Waals surface area contributed by atoms with Gasteiger partial charge in [0.05, 0.1) is 0 Å². The molecule has 1 heterocycles. The molecule has 0 spiro atoms. The topological polar surface area (TPSA) is 0 Å². The molecule has 0 bridgehead atoms. The van der Waals surface area contributed by atoms with Gasteiger partial charge in [-0.15, -0.1) is 11.3 Å². The normalized spacial score (nSPS) is 17.2. The zero-order valence-corrected chi connectivity index (χ0v) is 11.3. The largest absolute Gasteiger partial charge is 0.144 e. The van der Waals surface area contributed by atoms with Gasteiger partial charge in [0.25, 0.3) is 0 Å². The molecule has 1 aliphatic rings. The van der Waals surface area contributed by atoms with Crippen LogP contribution >= 0.6 is 11.3 Å². The van der Waals surface area contributed by atoms with E-state index in [1.807, 2.05) is 11.3 Å². The molecule has 18 heavy (non-hydrogen) atoms. The first-order valence-corrected chi connectivity index (χ1v) is 7.62. The summed E-state index contributed by atoms with van der Waals surface area (Å²) in [4.78, 5) is 1.40. The first-order chi connectivity index (χ1) is 8.93. The second kappa shape index (κ2) is 5.53. The third-order valence-corrected chi connectivity index (χ3v) is 4.58. The van der Waals surface area contributed by atoms with Crippen molar-refractivity contribution >= 4 is 16.9 Å². The lowest BCUT2D eigenvalue weighted by atomic mass is 9.98. The van der Waals surface area contributed by atoms with Crippen molar-refractivity contribution in [3.63, 3.8) is 0 Å². The highest BCUT2D eigenvalue weighted by molar-refractivity contribution is 7.11. The Bertz CT molecular complexity index is 502. The predicted octanol–water partition coefficient (Wildman–Crippen LogP) is 5.37. The van der Waals surface area contributed by atoms with Gasteiger partial charge in [0.2, 0.25) is 0 Å². The van der Waals surface area contributed by atoms with Gasteiger partial charge in [-0.2, -0.15) is 0 Å². The summed E-state index contributed by atoms with van der Waals surface area (Å²) in [7, 11) is 0. The molecule has 0 unspecified atom stereocenters. The van der Waals surface area contributed by atoms with Gasteiger partial charge in [0, 0.05) is 4.88 Å². The summed E-state index contributed by atoms with van der Waals surface area (Å²) in [5, 5.41) is 2.17. The van der Waals surface area contributed by atoms with Crippen LogP contribution in [0.25, 0.3) is 5.57 Å². The molecule has 0 aliphatic heterocycles. The van der Waals surface area contributed by atoms with Crippen molar-refractivity contribution in [1.29, 1.82) is 0 Å². The highest BCUT2D eigenvalue weighted by Crippen LogP contribution is 2.33. The molecule has 0 saturated heterocycles. The number of hydrogen-bond donors (Lipinski definition) is 0. The predicted molar refractivity (Wildman–Crippen MR) is 79.8 cm³/mol. The lowest BCUT2D eigenvalue weighted by Gasteiger charge is -2.09. The minimum absolute atomic E-state index is 0.780. The van der Waals surface area contributed by atoms with Crippen molar-refractivity contribution in [1.82, 2.24) is 0 Å². The van der Waals surface area contributed by atoms with Gasteiger partial charge in [-0.1, -0.05) is 55.3 Å². The van der Waals surface area contributed by atoms with E-state index in [9.17, 15) is 0 Å². The van der Waals surface area contributed by atoms with Crippen LogP contribution in [0.3, 0.4) is 0 Å².